The molecule has 1 fully saturated rings. The molecular formula is C16H25NO. The van der Waals surface area contributed by atoms with Crippen LogP contribution in [0, 0.1) is 19.8 Å². The van der Waals surface area contributed by atoms with Crippen molar-refractivity contribution in [1.82, 2.24) is 5.32 Å². The van der Waals surface area contributed by atoms with Gasteiger partial charge in [-0.25, -0.2) is 0 Å². The van der Waals surface area contributed by atoms with Crippen molar-refractivity contribution in [3.8, 4) is 5.75 Å². The fraction of sp³-hybridized carbons (Fsp3) is 0.625. The first-order chi connectivity index (χ1) is 8.70. The van der Waals surface area contributed by atoms with E-state index in [4.69, 9.17) is 4.74 Å². The average Bonchev–Trinajstić information content (AvgIpc) is 2.40. The van der Waals surface area contributed by atoms with Crippen molar-refractivity contribution in [2.45, 2.75) is 39.5 Å². The molecule has 0 saturated carbocycles. The summed E-state index contributed by atoms with van der Waals surface area (Å²) in [6, 6.07) is 4.47. The van der Waals surface area contributed by atoms with E-state index in [0.717, 1.165) is 11.7 Å². The van der Waals surface area contributed by atoms with E-state index < -0.39 is 0 Å². The van der Waals surface area contributed by atoms with Gasteiger partial charge in [0.25, 0.3) is 0 Å². The summed E-state index contributed by atoms with van der Waals surface area (Å²) in [5.41, 5.74) is 4.10. The van der Waals surface area contributed by atoms with Crippen LogP contribution in [0.1, 0.15) is 36.0 Å². The number of piperidine rings is 1. The predicted molar refractivity (Wildman–Crippen MR) is 76.4 cm³/mol. The molecule has 0 amide bonds. The van der Waals surface area contributed by atoms with Crippen LogP contribution in [0.2, 0.25) is 0 Å². The van der Waals surface area contributed by atoms with Crippen LogP contribution in [0.3, 0.4) is 0 Å². The molecule has 18 heavy (non-hydrogen) atoms. The van der Waals surface area contributed by atoms with Crippen LogP contribution >= 0.6 is 0 Å². The minimum absolute atomic E-state index is 0.862. The Bertz CT molecular complexity index is 394. The maximum absolute atomic E-state index is 5.37. The van der Waals surface area contributed by atoms with Gasteiger partial charge >= 0.3 is 0 Å². The average molecular weight is 247 g/mol. The lowest BCUT2D eigenvalue weighted by molar-refractivity contribution is 0.358. The number of rotatable bonds is 4. The van der Waals surface area contributed by atoms with Gasteiger partial charge in [0.2, 0.25) is 0 Å². The molecule has 2 heteroatoms. The summed E-state index contributed by atoms with van der Waals surface area (Å²) in [7, 11) is 1.75. The standard InChI is InChI=1S/C16H25NO/c1-12-10-16(18-3)13(2)9-15(12)7-6-14-5-4-8-17-11-14/h9-10,14,17H,4-8,11H2,1-3H3. The second kappa shape index (κ2) is 6.24. The molecule has 1 saturated heterocycles. The zero-order chi connectivity index (χ0) is 13.0. The molecule has 1 aromatic carbocycles. The third-order valence-corrected chi connectivity index (χ3v) is 4.07. The lowest BCUT2D eigenvalue weighted by Gasteiger charge is -2.23. The molecule has 1 aliphatic heterocycles. The zero-order valence-corrected chi connectivity index (χ0v) is 11.9. The number of ether oxygens (including phenoxy) is 1. The Kier molecular flexibility index (Phi) is 4.65. The Balaban J connectivity index is 1.98. The van der Waals surface area contributed by atoms with Gasteiger partial charge in [-0.3, -0.25) is 0 Å². The van der Waals surface area contributed by atoms with E-state index in [1.807, 2.05) is 0 Å². The first-order valence-electron chi connectivity index (χ1n) is 7.05. The molecule has 1 heterocycles. The topological polar surface area (TPSA) is 21.3 Å². The van der Waals surface area contributed by atoms with Gasteiger partial charge in [-0.15, -0.1) is 0 Å². The Labute approximate surface area is 111 Å². The van der Waals surface area contributed by atoms with Crippen LogP contribution in [0.4, 0.5) is 0 Å². The van der Waals surface area contributed by atoms with E-state index in [0.29, 0.717) is 0 Å². The highest BCUT2D eigenvalue weighted by atomic mass is 16.5. The number of hydrogen-bond acceptors (Lipinski definition) is 2. The van der Waals surface area contributed by atoms with Gasteiger partial charge in [-0.1, -0.05) is 6.07 Å². The first kappa shape index (κ1) is 13.4. The second-order valence-corrected chi connectivity index (χ2v) is 5.50. The normalized spacial score (nSPS) is 19.8. The van der Waals surface area contributed by atoms with Crippen molar-refractivity contribution < 1.29 is 4.74 Å². The van der Waals surface area contributed by atoms with Gasteiger partial charge in [0.05, 0.1) is 7.11 Å². The predicted octanol–water partition coefficient (Wildman–Crippen LogP) is 3.24. The first-order valence-corrected chi connectivity index (χ1v) is 7.05. The van der Waals surface area contributed by atoms with Gasteiger partial charge in [-0.2, -0.15) is 0 Å². The van der Waals surface area contributed by atoms with Gasteiger partial charge < -0.3 is 10.1 Å². The highest BCUT2D eigenvalue weighted by Gasteiger charge is 2.13. The molecule has 0 aliphatic carbocycles. The van der Waals surface area contributed by atoms with E-state index >= 15 is 0 Å². The van der Waals surface area contributed by atoms with Crippen LogP contribution in [0.25, 0.3) is 0 Å². The summed E-state index contributed by atoms with van der Waals surface area (Å²) in [6.45, 7) is 6.73. The number of hydrogen-bond donors (Lipinski definition) is 1. The molecule has 1 aromatic rings. The third-order valence-electron chi connectivity index (χ3n) is 4.07. The van der Waals surface area contributed by atoms with Crippen LogP contribution in [-0.4, -0.2) is 20.2 Å². The molecule has 100 valence electrons. The van der Waals surface area contributed by atoms with Crippen molar-refractivity contribution in [2.75, 3.05) is 20.2 Å². The summed E-state index contributed by atoms with van der Waals surface area (Å²) in [4.78, 5) is 0. The molecule has 1 aliphatic rings. The van der Waals surface area contributed by atoms with Gasteiger partial charge in [-0.05, 0) is 81.3 Å². The van der Waals surface area contributed by atoms with Crippen molar-refractivity contribution in [2.24, 2.45) is 5.92 Å². The summed E-state index contributed by atoms with van der Waals surface area (Å²) >= 11 is 0. The summed E-state index contributed by atoms with van der Waals surface area (Å²) in [6.07, 6.45) is 5.23. The number of benzene rings is 1. The largest absolute Gasteiger partial charge is 0.496 e. The Morgan fingerprint density at radius 1 is 1.28 bits per heavy atom. The van der Waals surface area contributed by atoms with E-state index in [2.05, 4.69) is 31.3 Å². The number of methoxy groups -OCH3 is 1. The third kappa shape index (κ3) is 3.26. The van der Waals surface area contributed by atoms with E-state index in [-0.39, 0.29) is 0 Å². The molecule has 2 nitrogen and oxygen atoms in total. The minimum Gasteiger partial charge on any atom is -0.496 e. The van der Waals surface area contributed by atoms with Crippen LogP contribution in [-0.2, 0) is 6.42 Å². The van der Waals surface area contributed by atoms with E-state index in [1.165, 1.54) is 55.5 Å². The van der Waals surface area contributed by atoms with Gasteiger partial charge in [0.15, 0.2) is 0 Å². The molecular weight excluding hydrogens is 222 g/mol. The molecule has 1 atom stereocenters. The smallest absolute Gasteiger partial charge is 0.122 e. The second-order valence-electron chi connectivity index (χ2n) is 5.50. The summed E-state index contributed by atoms with van der Waals surface area (Å²) in [5, 5.41) is 3.50. The van der Waals surface area contributed by atoms with Crippen molar-refractivity contribution in [1.29, 1.82) is 0 Å². The number of nitrogens with one attached hydrogen (secondary N) is 1. The fourth-order valence-corrected chi connectivity index (χ4v) is 2.87. The maximum Gasteiger partial charge on any atom is 0.122 e. The molecule has 0 spiro atoms. The minimum atomic E-state index is 0.862. The highest BCUT2D eigenvalue weighted by molar-refractivity contribution is 5.41. The molecule has 0 radical (unpaired) electrons. The molecule has 0 bridgehead atoms. The Morgan fingerprint density at radius 2 is 2.11 bits per heavy atom. The highest BCUT2D eigenvalue weighted by Crippen LogP contribution is 2.25. The van der Waals surface area contributed by atoms with Crippen LogP contribution < -0.4 is 10.1 Å². The molecule has 1 N–H and O–H groups in total. The van der Waals surface area contributed by atoms with Crippen molar-refractivity contribution in [3.05, 3.63) is 28.8 Å². The zero-order valence-electron chi connectivity index (χ0n) is 11.9. The lowest BCUT2D eigenvalue weighted by atomic mass is 9.91. The Morgan fingerprint density at radius 3 is 2.78 bits per heavy atom. The summed E-state index contributed by atoms with van der Waals surface area (Å²) < 4.78 is 5.37. The SMILES string of the molecule is COc1cc(C)c(CCC2CCCNC2)cc1C. The summed E-state index contributed by atoms with van der Waals surface area (Å²) in [5.74, 6) is 1.87. The molecule has 1 unspecified atom stereocenters. The van der Waals surface area contributed by atoms with Crippen molar-refractivity contribution >= 4 is 0 Å². The molecule has 0 aromatic heterocycles. The lowest BCUT2D eigenvalue weighted by Crippen LogP contribution is -2.29. The van der Waals surface area contributed by atoms with Gasteiger partial charge in [0, 0.05) is 0 Å². The Hall–Kier alpha value is -1.02. The molecule has 2 rings (SSSR count). The van der Waals surface area contributed by atoms with Gasteiger partial charge in [0.1, 0.15) is 5.75 Å². The monoisotopic (exact) mass is 247 g/mol. The van der Waals surface area contributed by atoms with Crippen molar-refractivity contribution in [3.63, 3.8) is 0 Å². The van der Waals surface area contributed by atoms with Crippen LogP contribution in [0.15, 0.2) is 12.1 Å². The number of aryl methyl sites for hydroxylation is 3. The fourth-order valence-electron chi connectivity index (χ4n) is 2.87. The van der Waals surface area contributed by atoms with E-state index in [1.54, 1.807) is 7.11 Å². The van der Waals surface area contributed by atoms with E-state index in [9.17, 15) is 0 Å². The van der Waals surface area contributed by atoms with Crippen LogP contribution in [0.5, 0.6) is 5.75 Å². The quantitative estimate of drug-likeness (QED) is 0.882. The maximum atomic E-state index is 5.37.